The average molecular weight is 360 g/mol. The molecular weight excluding hydrogens is 344 g/mol. The topological polar surface area (TPSA) is 0 Å². The second-order valence-corrected chi connectivity index (χ2v) is 8.85. The Balaban J connectivity index is 1.88. The van der Waals surface area contributed by atoms with Crippen molar-refractivity contribution in [1.29, 1.82) is 0 Å². The molecule has 0 aliphatic carbocycles. The van der Waals surface area contributed by atoms with Gasteiger partial charge in [-0.05, 0) is 57.3 Å². The van der Waals surface area contributed by atoms with Crippen LogP contribution in [0, 0.1) is 13.8 Å². The van der Waals surface area contributed by atoms with Gasteiger partial charge in [0, 0.05) is 30.9 Å². The van der Waals surface area contributed by atoms with Gasteiger partial charge in [-0.3, -0.25) is 0 Å². The van der Waals surface area contributed by atoms with E-state index in [1.54, 1.807) is 0 Å². The van der Waals surface area contributed by atoms with Crippen LogP contribution in [0.15, 0.2) is 60.7 Å². The Morgan fingerprint density at radius 2 is 0.889 bits per heavy atom. The number of thiophene rings is 1. The molecule has 7 rings (SSSR count). The summed E-state index contributed by atoms with van der Waals surface area (Å²) in [4.78, 5) is 0. The number of hydrogen-bond donors (Lipinski definition) is 0. The zero-order chi connectivity index (χ0) is 17.9. The van der Waals surface area contributed by atoms with Crippen LogP contribution in [0.2, 0.25) is 0 Å². The number of aryl methyl sites for hydroxylation is 2. The summed E-state index contributed by atoms with van der Waals surface area (Å²) >= 11 is 1.98. The molecule has 1 aromatic heterocycles. The predicted octanol–water partition coefficient (Wildman–Crippen LogP) is 8.16. The first-order valence-corrected chi connectivity index (χ1v) is 10.3. The molecule has 0 bridgehead atoms. The molecule has 0 nitrogen and oxygen atoms in total. The molecule has 0 saturated heterocycles. The molecule has 7 aromatic rings. The van der Waals surface area contributed by atoms with Gasteiger partial charge in [-0.1, -0.05) is 60.7 Å². The molecule has 0 amide bonds. The number of rotatable bonds is 0. The van der Waals surface area contributed by atoms with Crippen molar-refractivity contribution in [2.24, 2.45) is 0 Å². The van der Waals surface area contributed by atoms with Gasteiger partial charge >= 0.3 is 0 Å². The van der Waals surface area contributed by atoms with Crippen molar-refractivity contribution in [2.45, 2.75) is 13.8 Å². The van der Waals surface area contributed by atoms with Crippen molar-refractivity contribution in [2.75, 3.05) is 0 Å². The SMILES string of the molecule is Cc1ccc2c3sc4c5ccc(C)c6cccc(c65)c4c3c3cccc1c23. The number of hydrogen-bond acceptors (Lipinski definition) is 1. The van der Waals surface area contributed by atoms with Crippen LogP contribution < -0.4 is 0 Å². The largest absolute Gasteiger partial charge is 0.134 e. The third-order valence-electron chi connectivity index (χ3n) is 6.45. The van der Waals surface area contributed by atoms with E-state index < -0.39 is 0 Å². The minimum atomic E-state index is 1.36. The minimum Gasteiger partial charge on any atom is -0.134 e. The van der Waals surface area contributed by atoms with E-state index in [4.69, 9.17) is 0 Å². The molecule has 0 spiro atoms. The van der Waals surface area contributed by atoms with E-state index in [1.807, 2.05) is 11.3 Å². The maximum atomic E-state index is 2.33. The zero-order valence-corrected chi connectivity index (χ0v) is 16.0. The number of benzene rings is 4. The third kappa shape index (κ3) is 1.49. The van der Waals surface area contributed by atoms with E-state index in [9.17, 15) is 0 Å². The summed E-state index contributed by atoms with van der Waals surface area (Å²) in [6.07, 6.45) is 0. The summed E-state index contributed by atoms with van der Waals surface area (Å²) in [5, 5.41) is 14.3. The highest BCUT2D eigenvalue weighted by molar-refractivity contribution is 7.28. The van der Waals surface area contributed by atoms with Gasteiger partial charge in [-0.25, -0.2) is 0 Å². The molecule has 0 aliphatic heterocycles. The van der Waals surface area contributed by atoms with Gasteiger partial charge in [0.15, 0.2) is 0 Å². The lowest BCUT2D eigenvalue weighted by Crippen LogP contribution is -1.77. The van der Waals surface area contributed by atoms with E-state index in [1.165, 1.54) is 74.4 Å². The Morgan fingerprint density at radius 3 is 1.37 bits per heavy atom. The van der Waals surface area contributed by atoms with Crippen LogP contribution in [0.3, 0.4) is 0 Å². The van der Waals surface area contributed by atoms with Crippen molar-refractivity contribution >= 4 is 74.6 Å². The van der Waals surface area contributed by atoms with Crippen LogP contribution in [0.4, 0.5) is 0 Å². The fraction of sp³-hybridized carbons (Fsp3) is 0.0769. The normalized spacial score (nSPS) is 12.8. The quantitative estimate of drug-likeness (QED) is 0.256. The van der Waals surface area contributed by atoms with E-state index in [0.29, 0.717) is 0 Å². The summed E-state index contributed by atoms with van der Waals surface area (Å²) in [5.74, 6) is 0. The van der Waals surface area contributed by atoms with Gasteiger partial charge in [0.1, 0.15) is 0 Å². The highest BCUT2D eigenvalue weighted by Gasteiger charge is 2.22. The van der Waals surface area contributed by atoms with Crippen LogP contribution in [0.5, 0.6) is 0 Å². The maximum absolute atomic E-state index is 2.33. The van der Waals surface area contributed by atoms with Gasteiger partial charge in [0.2, 0.25) is 0 Å². The third-order valence-corrected chi connectivity index (χ3v) is 7.71. The highest BCUT2D eigenvalue weighted by Crippen LogP contribution is 2.52. The van der Waals surface area contributed by atoms with Crippen LogP contribution >= 0.6 is 11.3 Å². The van der Waals surface area contributed by atoms with E-state index in [0.717, 1.165) is 0 Å². The fourth-order valence-electron chi connectivity index (χ4n) is 5.22. The molecule has 0 atom stereocenters. The summed E-state index contributed by atoms with van der Waals surface area (Å²) in [7, 11) is 0. The van der Waals surface area contributed by atoms with E-state index in [-0.39, 0.29) is 0 Å². The Hall–Kier alpha value is -2.90. The fourth-order valence-corrected chi connectivity index (χ4v) is 6.62. The molecule has 0 N–H and O–H groups in total. The molecule has 0 unspecified atom stereocenters. The molecule has 6 aromatic carbocycles. The molecule has 1 heteroatoms. The second kappa shape index (κ2) is 4.49. The Kier molecular flexibility index (Phi) is 2.36. The lowest BCUT2D eigenvalue weighted by Gasteiger charge is -2.02. The second-order valence-electron chi connectivity index (χ2n) is 7.83. The molecular formula is C26H16S. The first-order valence-electron chi connectivity index (χ1n) is 9.47. The molecule has 0 aliphatic rings. The van der Waals surface area contributed by atoms with E-state index in [2.05, 4.69) is 74.5 Å². The summed E-state index contributed by atoms with van der Waals surface area (Å²) in [6.45, 7) is 4.44. The van der Waals surface area contributed by atoms with Gasteiger partial charge in [-0.15, -0.1) is 11.3 Å². The van der Waals surface area contributed by atoms with Crippen molar-refractivity contribution in [3.63, 3.8) is 0 Å². The van der Waals surface area contributed by atoms with Crippen LogP contribution in [0.1, 0.15) is 11.1 Å². The van der Waals surface area contributed by atoms with Crippen LogP contribution in [-0.4, -0.2) is 0 Å². The molecule has 126 valence electrons. The molecule has 0 radical (unpaired) electrons. The van der Waals surface area contributed by atoms with Gasteiger partial charge in [0.25, 0.3) is 0 Å². The van der Waals surface area contributed by atoms with Crippen LogP contribution in [0.25, 0.3) is 63.3 Å². The number of fused-ring (bicyclic) bond motifs is 7. The zero-order valence-electron chi connectivity index (χ0n) is 15.2. The van der Waals surface area contributed by atoms with Crippen molar-refractivity contribution < 1.29 is 0 Å². The monoisotopic (exact) mass is 360 g/mol. The lowest BCUT2D eigenvalue weighted by atomic mass is 10.0. The first-order chi connectivity index (χ1) is 13.2. The molecule has 27 heavy (non-hydrogen) atoms. The first kappa shape index (κ1) is 14.2. The molecule has 1 heterocycles. The average Bonchev–Trinajstić information content (AvgIpc) is 3.30. The predicted molar refractivity (Wildman–Crippen MR) is 121 cm³/mol. The Morgan fingerprint density at radius 1 is 0.444 bits per heavy atom. The van der Waals surface area contributed by atoms with Crippen molar-refractivity contribution in [3.05, 3.63) is 71.8 Å². The van der Waals surface area contributed by atoms with Gasteiger partial charge < -0.3 is 0 Å². The molecule has 0 saturated carbocycles. The maximum Gasteiger partial charge on any atom is 0.0440 e. The highest BCUT2D eigenvalue weighted by atomic mass is 32.1. The van der Waals surface area contributed by atoms with Gasteiger partial charge in [0.05, 0.1) is 0 Å². The summed E-state index contributed by atoms with van der Waals surface area (Å²) in [6, 6.07) is 22.8. The van der Waals surface area contributed by atoms with E-state index >= 15 is 0 Å². The lowest BCUT2D eigenvalue weighted by molar-refractivity contribution is 1.55. The molecule has 0 fully saturated rings. The van der Waals surface area contributed by atoms with Gasteiger partial charge in [-0.2, -0.15) is 0 Å². The van der Waals surface area contributed by atoms with Crippen LogP contribution in [-0.2, 0) is 0 Å². The Bertz CT molecular complexity index is 1550. The summed E-state index contributed by atoms with van der Waals surface area (Å²) < 4.78 is 2.91. The van der Waals surface area contributed by atoms with Crippen molar-refractivity contribution in [1.82, 2.24) is 0 Å². The smallest absolute Gasteiger partial charge is 0.0440 e. The Labute approximate surface area is 160 Å². The minimum absolute atomic E-state index is 1.36. The van der Waals surface area contributed by atoms with Crippen molar-refractivity contribution in [3.8, 4) is 0 Å². The summed E-state index contributed by atoms with van der Waals surface area (Å²) in [5.41, 5.74) is 2.73. The standard InChI is InChI=1S/C26H16S/c1-13-9-11-19-21-15(13)5-3-7-17(21)23-24-18-8-4-6-16-14(2)10-12-20(22(16)18)26(24)27-25(19)23/h3-12H,1-2H3.